The van der Waals surface area contributed by atoms with E-state index in [0.717, 1.165) is 0 Å². The molecule has 0 spiro atoms. The van der Waals surface area contributed by atoms with Crippen molar-refractivity contribution >= 4 is 6.09 Å². The molecule has 2 radical (unpaired) electrons. The molecule has 0 bridgehead atoms. The predicted octanol–water partition coefficient (Wildman–Crippen LogP) is 0.207. The Morgan fingerprint density at radius 3 is 2.67 bits per heavy atom. The Labute approximate surface area is 62.0 Å². The Balaban J connectivity index is 0.000000640. The molecule has 0 atom stereocenters. The quantitative estimate of drug-likeness (QED) is 0.572. The maximum Gasteiger partial charge on any atom is 0.432 e. The van der Waals surface area contributed by atoms with Crippen LogP contribution in [0.4, 0.5) is 4.79 Å². The average Bonchev–Trinajstić information content (AvgIpc) is 2.12. The fraction of sp³-hybridized carbons (Fsp3) is 0. The fourth-order valence-corrected chi connectivity index (χ4v) is 0.342. The topological polar surface area (TPSA) is 55.1 Å². The maximum absolute atomic E-state index is 9.93. The van der Waals surface area contributed by atoms with E-state index in [1.54, 1.807) is 0 Å². The van der Waals surface area contributed by atoms with E-state index in [1.807, 2.05) is 0 Å². The average molecular weight is 175 g/mol. The molecule has 0 amide bonds. The number of carboxylic acid groups (broad SMARTS) is 1. The van der Waals surface area contributed by atoms with Crippen LogP contribution >= 0.6 is 0 Å². The van der Waals surface area contributed by atoms with Crippen LogP contribution in [0.25, 0.3) is 0 Å². The van der Waals surface area contributed by atoms with E-state index in [2.05, 4.69) is 11.3 Å². The van der Waals surface area contributed by atoms with Gasteiger partial charge in [0.05, 0.1) is 12.4 Å². The van der Waals surface area contributed by atoms with E-state index in [9.17, 15) is 4.79 Å². The van der Waals surface area contributed by atoms with Crippen LogP contribution in [-0.2, 0) is 17.1 Å². The van der Waals surface area contributed by atoms with Gasteiger partial charge >= 0.3 is 6.09 Å². The first kappa shape index (κ1) is 8.20. The summed E-state index contributed by atoms with van der Waals surface area (Å²) >= 11 is 0. The van der Waals surface area contributed by atoms with Crippen molar-refractivity contribution in [2.75, 3.05) is 0 Å². The van der Waals surface area contributed by atoms with Crippen molar-refractivity contribution in [1.82, 2.24) is 9.78 Å². The van der Waals surface area contributed by atoms with Gasteiger partial charge in [-0.15, -0.1) is 0 Å². The van der Waals surface area contributed by atoms with Crippen molar-refractivity contribution in [3.63, 3.8) is 0 Å². The summed E-state index contributed by atoms with van der Waals surface area (Å²) in [7, 11) is 0. The Morgan fingerprint density at radius 2 is 2.44 bits per heavy atom. The van der Waals surface area contributed by atoms with Gasteiger partial charge in [0.15, 0.2) is 0 Å². The van der Waals surface area contributed by atoms with E-state index in [4.69, 9.17) is 5.11 Å². The minimum atomic E-state index is -1.12. The van der Waals surface area contributed by atoms with Gasteiger partial charge in [-0.3, -0.25) is 0 Å². The van der Waals surface area contributed by atoms with E-state index < -0.39 is 6.09 Å². The van der Waals surface area contributed by atoms with Crippen LogP contribution in [0.15, 0.2) is 12.3 Å². The van der Waals surface area contributed by atoms with Crippen LogP contribution < -0.4 is 0 Å². The van der Waals surface area contributed by atoms with Crippen molar-refractivity contribution in [2.24, 2.45) is 0 Å². The first-order valence-electron chi connectivity index (χ1n) is 1.96. The summed E-state index contributed by atoms with van der Waals surface area (Å²) in [4.78, 5) is 9.93. The molecule has 0 aromatic carbocycles. The smallest absolute Gasteiger partial charge is 0.432 e. The Morgan fingerprint density at radius 1 is 1.78 bits per heavy atom. The summed E-state index contributed by atoms with van der Waals surface area (Å²) in [6.07, 6.45) is 2.58. The largest absolute Gasteiger partial charge is 0.463 e. The number of hydrogen-bond donors (Lipinski definition) is 1. The van der Waals surface area contributed by atoms with Gasteiger partial charge in [0.25, 0.3) is 0 Å². The van der Waals surface area contributed by atoms with E-state index in [1.165, 1.54) is 12.3 Å². The molecular weight excluding hydrogens is 172 g/mol. The fourth-order valence-electron chi connectivity index (χ4n) is 0.342. The Kier molecular flexibility index (Phi) is 2.98. The summed E-state index contributed by atoms with van der Waals surface area (Å²) in [6.45, 7) is 0. The molecule has 5 heteroatoms. The second-order valence-electron chi connectivity index (χ2n) is 1.15. The second-order valence-corrected chi connectivity index (χ2v) is 1.15. The van der Waals surface area contributed by atoms with Gasteiger partial charge in [0.1, 0.15) is 0 Å². The predicted molar refractivity (Wildman–Crippen MR) is 24.5 cm³/mol. The number of aromatic nitrogens is 2. The number of carbonyl (C=O) groups is 1. The Bertz CT molecular complexity index is 184. The van der Waals surface area contributed by atoms with Gasteiger partial charge in [-0.25, -0.2) is 4.79 Å². The van der Waals surface area contributed by atoms with Gasteiger partial charge in [0, 0.05) is 17.1 Å². The molecule has 4 nitrogen and oxygen atoms in total. The van der Waals surface area contributed by atoms with Crippen LogP contribution in [0, 0.1) is 6.20 Å². The van der Waals surface area contributed by atoms with Gasteiger partial charge in [-0.1, -0.05) is 0 Å². The molecule has 0 fully saturated rings. The van der Waals surface area contributed by atoms with Gasteiger partial charge in [-0.2, -0.15) is 9.78 Å². The summed E-state index contributed by atoms with van der Waals surface area (Å²) in [6, 6.07) is 1.42. The molecular formula is C4H3CuN2O2. The molecule has 0 saturated carbocycles. The normalized spacial score (nSPS) is 8.00. The minimum absolute atomic E-state index is 0. The second kappa shape index (κ2) is 3.27. The van der Waals surface area contributed by atoms with Gasteiger partial charge in [0.2, 0.25) is 0 Å². The van der Waals surface area contributed by atoms with Crippen LogP contribution in [0.5, 0.6) is 0 Å². The molecule has 0 aliphatic rings. The van der Waals surface area contributed by atoms with E-state index in [-0.39, 0.29) is 17.1 Å². The third-order valence-electron chi connectivity index (χ3n) is 0.635. The van der Waals surface area contributed by atoms with Crippen molar-refractivity contribution in [3.05, 3.63) is 18.5 Å². The molecule has 1 rings (SSSR count). The molecule has 1 heterocycles. The molecule has 0 aliphatic heterocycles. The zero-order valence-electron chi connectivity index (χ0n) is 4.21. The van der Waals surface area contributed by atoms with Gasteiger partial charge in [-0.05, 0) is 6.07 Å². The SMILES string of the molecule is O=C(O)n1[c]ccn1.[Cu]. The zero-order chi connectivity index (χ0) is 5.98. The van der Waals surface area contributed by atoms with E-state index >= 15 is 0 Å². The first-order valence-corrected chi connectivity index (χ1v) is 1.96. The third-order valence-corrected chi connectivity index (χ3v) is 0.635. The number of rotatable bonds is 0. The monoisotopic (exact) mass is 174 g/mol. The molecule has 1 aromatic rings. The molecule has 0 unspecified atom stereocenters. The van der Waals surface area contributed by atoms with Crippen molar-refractivity contribution in [1.29, 1.82) is 0 Å². The molecule has 52 valence electrons. The maximum atomic E-state index is 9.93. The van der Waals surface area contributed by atoms with Crippen molar-refractivity contribution in [3.8, 4) is 0 Å². The molecule has 0 saturated heterocycles. The summed E-state index contributed by atoms with van der Waals surface area (Å²) in [5, 5.41) is 11.5. The van der Waals surface area contributed by atoms with E-state index in [0.29, 0.717) is 4.68 Å². The molecule has 9 heavy (non-hydrogen) atoms. The van der Waals surface area contributed by atoms with Crippen LogP contribution in [0.1, 0.15) is 0 Å². The first-order chi connectivity index (χ1) is 3.80. The number of hydrogen-bond acceptors (Lipinski definition) is 2. The van der Waals surface area contributed by atoms with Crippen molar-refractivity contribution in [2.45, 2.75) is 0 Å². The van der Waals surface area contributed by atoms with Crippen molar-refractivity contribution < 1.29 is 27.0 Å². The molecule has 1 N–H and O–H groups in total. The molecule has 0 aliphatic carbocycles. The third kappa shape index (κ3) is 1.87. The standard InChI is InChI=1S/C4H3N2O2.Cu/c7-4(8)6-3-1-2-5-6;/h1-2H,(H,7,8);. The minimum Gasteiger partial charge on any atom is -0.463 e. The summed E-state index contributed by atoms with van der Waals surface area (Å²) in [5.41, 5.74) is 0. The molecule has 1 aromatic heterocycles. The van der Waals surface area contributed by atoms with Crippen LogP contribution in [0.3, 0.4) is 0 Å². The van der Waals surface area contributed by atoms with Crippen LogP contribution in [0.2, 0.25) is 0 Å². The van der Waals surface area contributed by atoms with Gasteiger partial charge < -0.3 is 5.11 Å². The zero-order valence-corrected chi connectivity index (χ0v) is 5.15. The Hall–Kier alpha value is -0.801. The summed E-state index contributed by atoms with van der Waals surface area (Å²) < 4.78 is 0.708. The number of nitrogens with zero attached hydrogens (tertiary/aromatic N) is 2. The van der Waals surface area contributed by atoms with Crippen LogP contribution in [-0.4, -0.2) is 21.0 Å². The summed E-state index contributed by atoms with van der Waals surface area (Å²) in [5.74, 6) is 0.